The first-order valence-corrected chi connectivity index (χ1v) is 10.9. The quantitative estimate of drug-likeness (QED) is 0.430. The Labute approximate surface area is 194 Å². The van der Waals surface area contributed by atoms with E-state index in [1.54, 1.807) is 23.2 Å². The third-order valence-corrected chi connectivity index (χ3v) is 6.19. The van der Waals surface area contributed by atoms with Crippen molar-refractivity contribution in [2.24, 2.45) is 5.92 Å². The summed E-state index contributed by atoms with van der Waals surface area (Å²) in [6.07, 6.45) is 2.28. The molecule has 1 aliphatic rings. The Bertz CT molecular complexity index is 1460. The smallest absolute Gasteiger partial charge is 0.270 e. The van der Waals surface area contributed by atoms with Gasteiger partial charge in [0.15, 0.2) is 0 Å². The van der Waals surface area contributed by atoms with Crippen molar-refractivity contribution in [1.82, 2.24) is 20.1 Å². The van der Waals surface area contributed by atoms with Crippen molar-refractivity contribution in [3.8, 4) is 17.3 Å². The molecule has 8 nitrogen and oxygen atoms in total. The zero-order valence-electron chi connectivity index (χ0n) is 18.4. The number of amides is 2. The van der Waals surface area contributed by atoms with Crippen molar-refractivity contribution in [3.05, 3.63) is 71.3 Å². The van der Waals surface area contributed by atoms with Gasteiger partial charge in [-0.3, -0.25) is 14.7 Å². The second-order valence-electron chi connectivity index (χ2n) is 8.44. The molecule has 2 aromatic carbocycles. The Kier molecular flexibility index (Phi) is 5.34. The van der Waals surface area contributed by atoms with Crippen LogP contribution in [0.4, 0.5) is 10.1 Å². The number of hydrogen-bond donors (Lipinski definition) is 3. The van der Waals surface area contributed by atoms with Crippen LogP contribution in [0.15, 0.2) is 48.7 Å². The number of nitrogens with one attached hydrogen (secondary N) is 3. The number of likely N-dealkylation sites (tertiary alicyclic amines) is 1. The number of nitrogens with zero attached hydrogens (tertiary/aromatic N) is 3. The number of halogens is 1. The molecule has 1 atom stereocenters. The predicted octanol–water partition coefficient (Wildman–Crippen LogP) is 3.98. The van der Waals surface area contributed by atoms with Crippen LogP contribution in [0.5, 0.6) is 0 Å². The maximum absolute atomic E-state index is 13.5. The van der Waals surface area contributed by atoms with Crippen LogP contribution in [-0.4, -0.2) is 45.0 Å². The fraction of sp³-hybridized carbons (Fsp3) is 0.200. The van der Waals surface area contributed by atoms with E-state index in [-0.39, 0.29) is 29.8 Å². The largest absolute Gasteiger partial charge is 0.351 e. The van der Waals surface area contributed by atoms with Gasteiger partial charge in [-0.15, -0.1) is 0 Å². The average molecular weight is 456 g/mol. The fourth-order valence-electron chi connectivity index (χ4n) is 4.33. The van der Waals surface area contributed by atoms with Crippen LogP contribution in [0.2, 0.25) is 0 Å². The van der Waals surface area contributed by atoms with E-state index < -0.39 is 5.82 Å². The molecular weight excluding hydrogens is 435 g/mol. The molecule has 0 aliphatic carbocycles. The molecule has 1 fully saturated rings. The van der Waals surface area contributed by atoms with Crippen LogP contribution in [0, 0.1) is 30.0 Å². The van der Waals surface area contributed by atoms with Crippen LogP contribution < -0.4 is 5.32 Å². The maximum Gasteiger partial charge on any atom is 0.270 e. The predicted molar refractivity (Wildman–Crippen MR) is 124 cm³/mol. The zero-order valence-corrected chi connectivity index (χ0v) is 18.4. The molecular formula is C25H21FN6O2. The first kappa shape index (κ1) is 21.4. The highest BCUT2D eigenvalue weighted by atomic mass is 19.1. The first-order valence-electron chi connectivity index (χ1n) is 10.9. The van der Waals surface area contributed by atoms with Gasteiger partial charge in [-0.2, -0.15) is 10.4 Å². The SMILES string of the molecule is Cc1cc2[nH]ncc2cc1-c1ccc(C(=O)N2CCC(C(=O)Nc3ccc(F)c(C#N)c3)C2)[nH]1. The van der Waals surface area contributed by atoms with Gasteiger partial charge in [-0.1, -0.05) is 0 Å². The number of benzene rings is 2. The molecule has 170 valence electrons. The van der Waals surface area contributed by atoms with Gasteiger partial charge in [0.1, 0.15) is 17.6 Å². The lowest BCUT2D eigenvalue weighted by Gasteiger charge is -2.16. The summed E-state index contributed by atoms with van der Waals surface area (Å²) >= 11 is 0. The van der Waals surface area contributed by atoms with Crippen LogP contribution in [-0.2, 0) is 4.79 Å². The molecule has 5 rings (SSSR count). The van der Waals surface area contributed by atoms with E-state index in [1.807, 2.05) is 25.1 Å². The number of hydrogen-bond acceptors (Lipinski definition) is 4. The van der Waals surface area contributed by atoms with Crippen LogP contribution in [0.1, 0.15) is 28.0 Å². The molecule has 9 heteroatoms. The van der Waals surface area contributed by atoms with Gasteiger partial charge < -0.3 is 15.2 Å². The molecule has 2 amide bonds. The number of carbonyl (C=O) groups excluding carboxylic acids is 2. The topological polar surface area (TPSA) is 118 Å². The second-order valence-corrected chi connectivity index (χ2v) is 8.44. The average Bonchev–Trinajstić information content (AvgIpc) is 3.59. The number of anilines is 1. The van der Waals surface area contributed by atoms with Gasteiger partial charge in [0.25, 0.3) is 5.91 Å². The van der Waals surface area contributed by atoms with E-state index in [4.69, 9.17) is 5.26 Å². The Balaban J connectivity index is 1.26. The van der Waals surface area contributed by atoms with Crippen molar-refractivity contribution in [1.29, 1.82) is 5.26 Å². The Morgan fingerprint density at radius 1 is 1.24 bits per heavy atom. The van der Waals surface area contributed by atoms with Crippen LogP contribution in [0.3, 0.4) is 0 Å². The van der Waals surface area contributed by atoms with Crippen molar-refractivity contribution in [2.45, 2.75) is 13.3 Å². The number of rotatable bonds is 4. The standard InChI is InChI=1S/C25H21FN6O2/c1-14-8-23-17(12-28-31-23)10-19(14)21-4-5-22(30-21)25(34)32-7-6-15(13-32)24(33)29-18-2-3-20(26)16(9-18)11-27/h2-5,8-10,12,15,30H,6-7,13H2,1H3,(H,28,31)(H,29,33). The molecule has 0 saturated carbocycles. The summed E-state index contributed by atoms with van der Waals surface area (Å²) < 4.78 is 13.5. The molecule has 3 heterocycles. The highest BCUT2D eigenvalue weighted by molar-refractivity contribution is 5.97. The molecule has 4 aromatic rings. The van der Waals surface area contributed by atoms with Gasteiger partial charge in [0.05, 0.1) is 23.2 Å². The summed E-state index contributed by atoms with van der Waals surface area (Å²) in [5.74, 6) is -1.46. The number of H-pyrrole nitrogens is 2. The lowest BCUT2D eigenvalue weighted by atomic mass is 10.0. The van der Waals surface area contributed by atoms with Crippen molar-refractivity contribution >= 4 is 28.4 Å². The van der Waals surface area contributed by atoms with Gasteiger partial charge >= 0.3 is 0 Å². The molecule has 2 aromatic heterocycles. The normalized spacial score (nSPS) is 15.4. The number of aryl methyl sites for hydroxylation is 1. The number of aromatic nitrogens is 3. The zero-order chi connectivity index (χ0) is 23.8. The Morgan fingerprint density at radius 2 is 2.09 bits per heavy atom. The maximum atomic E-state index is 13.5. The molecule has 34 heavy (non-hydrogen) atoms. The van der Waals surface area contributed by atoms with Crippen molar-refractivity contribution < 1.29 is 14.0 Å². The van der Waals surface area contributed by atoms with E-state index in [0.717, 1.165) is 33.8 Å². The fourth-order valence-corrected chi connectivity index (χ4v) is 4.33. The number of carbonyl (C=O) groups is 2. The highest BCUT2D eigenvalue weighted by Gasteiger charge is 2.32. The van der Waals surface area contributed by atoms with E-state index in [9.17, 15) is 14.0 Å². The third-order valence-electron chi connectivity index (χ3n) is 6.19. The van der Waals surface area contributed by atoms with Gasteiger partial charge in [-0.25, -0.2) is 4.39 Å². The Morgan fingerprint density at radius 3 is 2.91 bits per heavy atom. The molecule has 1 saturated heterocycles. The van der Waals surface area contributed by atoms with Crippen LogP contribution in [0.25, 0.3) is 22.2 Å². The van der Waals surface area contributed by atoms with E-state index in [0.29, 0.717) is 24.3 Å². The van der Waals surface area contributed by atoms with E-state index in [2.05, 4.69) is 20.5 Å². The molecule has 1 aliphatic heterocycles. The van der Waals surface area contributed by atoms with E-state index in [1.165, 1.54) is 12.1 Å². The summed E-state index contributed by atoms with van der Waals surface area (Å²) in [6.45, 7) is 2.74. The summed E-state index contributed by atoms with van der Waals surface area (Å²) in [5, 5.41) is 19.7. The number of fused-ring (bicyclic) bond motifs is 1. The third kappa shape index (κ3) is 3.90. The Hall–Kier alpha value is -4.45. The minimum atomic E-state index is -0.636. The van der Waals surface area contributed by atoms with E-state index >= 15 is 0 Å². The minimum absolute atomic E-state index is 0.134. The lowest BCUT2D eigenvalue weighted by molar-refractivity contribution is -0.119. The molecule has 3 N–H and O–H groups in total. The van der Waals surface area contributed by atoms with Crippen LogP contribution >= 0.6 is 0 Å². The number of nitriles is 1. The monoisotopic (exact) mass is 456 g/mol. The molecule has 1 unspecified atom stereocenters. The van der Waals surface area contributed by atoms with Gasteiger partial charge in [0, 0.05) is 35.4 Å². The highest BCUT2D eigenvalue weighted by Crippen LogP contribution is 2.28. The summed E-state index contributed by atoms with van der Waals surface area (Å²) in [7, 11) is 0. The molecule has 0 bridgehead atoms. The second kappa shape index (κ2) is 8.48. The van der Waals surface area contributed by atoms with Crippen molar-refractivity contribution in [3.63, 3.8) is 0 Å². The van der Waals surface area contributed by atoms with Crippen molar-refractivity contribution in [2.75, 3.05) is 18.4 Å². The van der Waals surface area contributed by atoms with Gasteiger partial charge in [-0.05, 0) is 61.4 Å². The van der Waals surface area contributed by atoms with Gasteiger partial charge in [0.2, 0.25) is 5.91 Å². The number of aromatic amines is 2. The lowest BCUT2D eigenvalue weighted by Crippen LogP contribution is -2.31. The molecule has 0 spiro atoms. The summed E-state index contributed by atoms with van der Waals surface area (Å²) in [5.41, 5.74) is 4.51. The summed E-state index contributed by atoms with van der Waals surface area (Å²) in [6, 6.07) is 13.3. The minimum Gasteiger partial charge on any atom is -0.351 e. The first-order chi connectivity index (χ1) is 16.4. The summed E-state index contributed by atoms with van der Waals surface area (Å²) in [4.78, 5) is 30.6. The molecule has 0 radical (unpaired) electrons.